The van der Waals surface area contributed by atoms with E-state index < -0.39 is 0 Å². The van der Waals surface area contributed by atoms with Gasteiger partial charge in [-0.15, -0.1) is 0 Å². The zero-order chi connectivity index (χ0) is 12.1. The fourth-order valence-electron chi connectivity index (χ4n) is 2.09. The quantitative estimate of drug-likeness (QED) is 0.759. The summed E-state index contributed by atoms with van der Waals surface area (Å²) in [6.45, 7) is 3.35. The third-order valence-electron chi connectivity index (χ3n) is 3.47. The Morgan fingerprint density at radius 1 is 1.41 bits per heavy atom. The van der Waals surface area contributed by atoms with E-state index in [2.05, 4.69) is 22.2 Å². The second-order valence-corrected chi connectivity index (χ2v) is 4.97. The number of hydrogen-bond acceptors (Lipinski definition) is 4. The van der Waals surface area contributed by atoms with Crippen molar-refractivity contribution in [3.05, 3.63) is 18.1 Å². The molecule has 0 aliphatic heterocycles. The molecule has 1 fully saturated rings. The average molecular weight is 235 g/mol. The van der Waals surface area contributed by atoms with Crippen LogP contribution in [-0.2, 0) is 6.42 Å². The highest BCUT2D eigenvalue weighted by atomic mass is 16.3. The SMILES string of the molecule is CCCc1cc(NCC2(CCO)CC2)ncn1. The van der Waals surface area contributed by atoms with Crippen molar-refractivity contribution in [1.82, 2.24) is 9.97 Å². The Morgan fingerprint density at radius 3 is 2.88 bits per heavy atom. The Labute approximate surface area is 102 Å². The maximum Gasteiger partial charge on any atom is 0.129 e. The average Bonchev–Trinajstić information content (AvgIpc) is 3.09. The van der Waals surface area contributed by atoms with Crippen molar-refractivity contribution in [1.29, 1.82) is 0 Å². The highest BCUT2D eigenvalue weighted by Gasteiger charge is 2.41. The largest absolute Gasteiger partial charge is 0.396 e. The minimum atomic E-state index is 0.284. The Balaban J connectivity index is 1.88. The molecule has 4 heteroatoms. The highest BCUT2D eigenvalue weighted by molar-refractivity contribution is 5.35. The molecule has 1 aromatic rings. The Kier molecular flexibility index (Phi) is 3.94. The molecule has 2 rings (SSSR count). The Hall–Kier alpha value is -1.16. The van der Waals surface area contributed by atoms with E-state index >= 15 is 0 Å². The molecule has 0 unspecified atom stereocenters. The van der Waals surface area contributed by atoms with Crippen LogP contribution in [0.2, 0.25) is 0 Å². The van der Waals surface area contributed by atoms with E-state index in [1.54, 1.807) is 6.33 Å². The first kappa shape index (κ1) is 12.3. The van der Waals surface area contributed by atoms with E-state index in [4.69, 9.17) is 5.11 Å². The first-order chi connectivity index (χ1) is 8.28. The standard InChI is InChI=1S/C13H21N3O/c1-2-3-11-8-12(16-10-15-11)14-9-13(4-5-13)6-7-17/h8,10,17H,2-7,9H2,1H3,(H,14,15,16). The summed E-state index contributed by atoms with van der Waals surface area (Å²) in [7, 11) is 0. The van der Waals surface area contributed by atoms with E-state index in [1.807, 2.05) is 6.07 Å². The summed E-state index contributed by atoms with van der Waals surface area (Å²) in [6, 6.07) is 2.03. The molecule has 1 aliphatic carbocycles. The van der Waals surface area contributed by atoms with Gasteiger partial charge in [0.25, 0.3) is 0 Å². The van der Waals surface area contributed by atoms with E-state index in [9.17, 15) is 0 Å². The maximum atomic E-state index is 9.00. The second kappa shape index (κ2) is 5.45. The number of anilines is 1. The summed E-state index contributed by atoms with van der Waals surface area (Å²) < 4.78 is 0. The molecular formula is C13H21N3O. The van der Waals surface area contributed by atoms with Gasteiger partial charge in [-0.3, -0.25) is 0 Å². The van der Waals surface area contributed by atoms with Gasteiger partial charge in [0.05, 0.1) is 0 Å². The van der Waals surface area contributed by atoms with Gasteiger partial charge in [0.1, 0.15) is 12.1 Å². The number of aliphatic hydroxyl groups excluding tert-OH is 1. The molecule has 1 aromatic heterocycles. The van der Waals surface area contributed by atoms with Crippen molar-refractivity contribution in [2.24, 2.45) is 5.41 Å². The molecule has 0 bridgehead atoms. The molecule has 0 spiro atoms. The van der Waals surface area contributed by atoms with Crippen LogP contribution in [0, 0.1) is 5.41 Å². The van der Waals surface area contributed by atoms with Gasteiger partial charge in [-0.2, -0.15) is 0 Å². The number of aromatic nitrogens is 2. The predicted octanol–water partition coefficient (Wildman–Crippen LogP) is 2.00. The van der Waals surface area contributed by atoms with Gasteiger partial charge in [0.15, 0.2) is 0 Å². The number of hydrogen-bond donors (Lipinski definition) is 2. The monoisotopic (exact) mass is 235 g/mol. The molecule has 0 atom stereocenters. The normalized spacial score (nSPS) is 16.8. The first-order valence-corrected chi connectivity index (χ1v) is 6.44. The van der Waals surface area contributed by atoms with Crippen LogP contribution in [0.4, 0.5) is 5.82 Å². The van der Waals surface area contributed by atoms with Gasteiger partial charge in [-0.05, 0) is 31.1 Å². The number of nitrogens with zero attached hydrogens (tertiary/aromatic N) is 2. The van der Waals surface area contributed by atoms with Crippen molar-refractivity contribution in [3.63, 3.8) is 0 Å². The minimum absolute atomic E-state index is 0.284. The van der Waals surface area contributed by atoms with Crippen LogP contribution < -0.4 is 5.32 Å². The third kappa shape index (κ3) is 3.40. The lowest BCUT2D eigenvalue weighted by atomic mass is 10.0. The minimum Gasteiger partial charge on any atom is -0.396 e. The summed E-state index contributed by atoms with van der Waals surface area (Å²) in [5.41, 5.74) is 1.42. The summed E-state index contributed by atoms with van der Waals surface area (Å²) in [4.78, 5) is 8.46. The number of nitrogens with one attached hydrogen (secondary N) is 1. The molecule has 1 aliphatic rings. The maximum absolute atomic E-state index is 9.00. The molecule has 0 aromatic carbocycles. The van der Waals surface area contributed by atoms with E-state index in [1.165, 1.54) is 12.8 Å². The van der Waals surface area contributed by atoms with Crippen molar-refractivity contribution in [2.75, 3.05) is 18.5 Å². The molecular weight excluding hydrogens is 214 g/mol. The van der Waals surface area contributed by atoms with Crippen molar-refractivity contribution in [3.8, 4) is 0 Å². The van der Waals surface area contributed by atoms with Gasteiger partial charge in [-0.25, -0.2) is 9.97 Å². The van der Waals surface area contributed by atoms with Gasteiger partial charge < -0.3 is 10.4 Å². The van der Waals surface area contributed by atoms with Crippen LogP contribution in [0.25, 0.3) is 0 Å². The van der Waals surface area contributed by atoms with E-state index in [-0.39, 0.29) is 6.61 Å². The van der Waals surface area contributed by atoms with Crippen LogP contribution in [0.3, 0.4) is 0 Å². The molecule has 0 radical (unpaired) electrons. The van der Waals surface area contributed by atoms with Crippen LogP contribution >= 0.6 is 0 Å². The van der Waals surface area contributed by atoms with Crippen molar-refractivity contribution < 1.29 is 5.11 Å². The van der Waals surface area contributed by atoms with Gasteiger partial charge in [0.2, 0.25) is 0 Å². The molecule has 0 amide bonds. The Bertz CT molecular complexity index is 363. The van der Waals surface area contributed by atoms with Gasteiger partial charge in [-0.1, -0.05) is 13.3 Å². The van der Waals surface area contributed by atoms with Crippen LogP contribution in [-0.4, -0.2) is 28.2 Å². The van der Waals surface area contributed by atoms with E-state index in [0.717, 1.165) is 37.3 Å². The summed E-state index contributed by atoms with van der Waals surface area (Å²) in [6.07, 6.45) is 7.05. The van der Waals surface area contributed by atoms with Crippen LogP contribution in [0.15, 0.2) is 12.4 Å². The summed E-state index contributed by atoms with van der Waals surface area (Å²) >= 11 is 0. The highest BCUT2D eigenvalue weighted by Crippen LogP contribution is 2.48. The third-order valence-corrected chi connectivity index (χ3v) is 3.47. The molecule has 4 nitrogen and oxygen atoms in total. The summed E-state index contributed by atoms with van der Waals surface area (Å²) in [5, 5.41) is 12.4. The molecule has 1 saturated carbocycles. The molecule has 0 saturated heterocycles. The van der Waals surface area contributed by atoms with Crippen LogP contribution in [0.1, 0.15) is 38.3 Å². The van der Waals surface area contributed by atoms with Gasteiger partial charge >= 0.3 is 0 Å². The zero-order valence-corrected chi connectivity index (χ0v) is 10.4. The molecule has 2 N–H and O–H groups in total. The van der Waals surface area contributed by atoms with Crippen LogP contribution in [0.5, 0.6) is 0 Å². The van der Waals surface area contributed by atoms with E-state index in [0.29, 0.717) is 5.41 Å². The lowest BCUT2D eigenvalue weighted by molar-refractivity contribution is 0.253. The van der Waals surface area contributed by atoms with Gasteiger partial charge in [0, 0.05) is 24.9 Å². The first-order valence-electron chi connectivity index (χ1n) is 6.44. The lowest BCUT2D eigenvalue weighted by Crippen LogP contribution is -2.17. The second-order valence-electron chi connectivity index (χ2n) is 4.97. The fraction of sp³-hybridized carbons (Fsp3) is 0.692. The topological polar surface area (TPSA) is 58.0 Å². The van der Waals surface area contributed by atoms with Crippen molar-refractivity contribution >= 4 is 5.82 Å². The lowest BCUT2D eigenvalue weighted by Gasteiger charge is -2.15. The molecule has 94 valence electrons. The predicted molar refractivity (Wildman–Crippen MR) is 67.9 cm³/mol. The fourth-order valence-corrected chi connectivity index (χ4v) is 2.09. The zero-order valence-electron chi connectivity index (χ0n) is 10.4. The summed E-state index contributed by atoms with van der Waals surface area (Å²) in [5.74, 6) is 0.910. The molecule has 1 heterocycles. The number of aliphatic hydroxyl groups is 1. The number of rotatable bonds is 7. The smallest absolute Gasteiger partial charge is 0.129 e. The van der Waals surface area contributed by atoms with Crippen molar-refractivity contribution in [2.45, 2.75) is 39.0 Å². The Morgan fingerprint density at radius 2 is 2.24 bits per heavy atom. The number of aryl methyl sites for hydroxylation is 1. The molecule has 17 heavy (non-hydrogen) atoms.